The molecular formula is C23H27NO3. The highest BCUT2D eigenvalue weighted by atomic mass is 16.5. The Bertz CT molecular complexity index is 858. The Morgan fingerprint density at radius 3 is 2.67 bits per heavy atom. The van der Waals surface area contributed by atoms with Gasteiger partial charge in [-0.05, 0) is 49.4 Å². The molecule has 1 amide bonds. The van der Waals surface area contributed by atoms with Gasteiger partial charge < -0.3 is 9.64 Å². The molecule has 0 spiro atoms. The van der Waals surface area contributed by atoms with Gasteiger partial charge in [0.05, 0.1) is 5.92 Å². The van der Waals surface area contributed by atoms with Crippen LogP contribution < -0.4 is 9.64 Å². The van der Waals surface area contributed by atoms with Crippen LogP contribution in [0, 0.1) is 19.8 Å². The second-order valence-electron chi connectivity index (χ2n) is 7.46. The molecule has 142 valence electrons. The smallest absolute Gasteiger partial charge is 0.316 e. The quantitative estimate of drug-likeness (QED) is 0.566. The van der Waals surface area contributed by atoms with E-state index < -0.39 is 5.92 Å². The van der Waals surface area contributed by atoms with Crippen molar-refractivity contribution < 1.29 is 14.3 Å². The number of hydrogen-bond acceptors (Lipinski definition) is 3. The van der Waals surface area contributed by atoms with Crippen LogP contribution in [-0.2, 0) is 9.59 Å². The lowest BCUT2D eigenvalue weighted by atomic mass is 9.98. The lowest BCUT2D eigenvalue weighted by Gasteiger charge is -2.20. The third-order valence-electron chi connectivity index (χ3n) is 5.37. The summed E-state index contributed by atoms with van der Waals surface area (Å²) in [6, 6.07) is 13.7. The number of hydrogen-bond donors (Lipinski definition) is 0. The first kappa shape index (κ1) is 19.2. The maximum atomic E-state index is 12.7. The van der Waals surface area contributed by atoms with Crippen LogP contribution in [-0.4, -0.2) is 18.4 Å². The number of aryl methyl sites for hydroxylation is 2. The van der Waals surface area contributed by atoms with Gasteiger partial charge in [-0.3, -0.25) is 9.59 Å². The lowest BCUT2D eigenvalue weighted by Crippen LogP contribution is -2.28. The van der Waals surface area contributed by atoms with Gasteiger partial charge in [0.1, 0.15) is 5.75 Å². The summed E-state index contributed by atoms with van der Waals surface area (Å²) in [4.78, 5) is 27.0. The van der Waals surface area contributed by atoms with Crippen molar-refractivity contribution in [2.24, 2.45) is 5.92 Å². The zero-order chi connectivity index (χ0) is 19.6. The molecule has 2 aromatic rings. The predicted molar refractivity (Wildman–Crippen MR) is 107 cm³/mol. The second kappa shape index (κ2) is 7.95. The molecule has 0 saturated carbocycles. The van der Waals surface area contributed by atoms with Gasteiger partial charge in [0.2, 0.25) is 5.91 Å². The Morgan fingerprint density at radius 1 is 1.22 bits per heavy atom. The molecule has 0 unspecified atom stereocenters. The van der Waals surface area contributed by atoms with E-state index in [1.54, 1.807) is 4.90 Å². The van der Waals surface area contributed by atoms with Crippen molar-refractivity contribution in [3.05, 3.63) is 59.2 Å². The summed E-state index contributed by atoms with van der Waals surface area (Å²) in [6.45, 7) is 8.61. The molecule has 2 aromatic carbocycles. The molecule has 27 heavy (non-hydrogen) atoms. The van der Waals surface area contributed by atoms with Crippen LogP contribution in [0.4, 0.5) is 5.69 Å². The largest absolute Gasteiger partial charge is 0.426 e. The van der Waals surface area contributed by atoms with Crippen molar-refractivity contribution in [3.63, 3.8) is 0 Å². The molecule has 4 nitrogen and oxygen atoms in total. The van der Waals surface area contributed by atoms with E-state index in [1.807, 2.05) is 50.2 Å². The van der Waals surface area contributed by atoms with Crippen molar-refractivity contribution >= 4 is 17.6 Å². The van der Waals surface area contributed by atoms with Crippen molar-refractivity contribution in [1.29, 1.82) is 0 Å². The van der Waals surface area contributed by atoms with Crippen molar-refractivity contribution in [2.45, 2.75) is 46.5 Å². The molecule has 1 heterocycles. The molecule has 0 N–H and O–H groups in total. The summed E-state index contributed by atoms with van der Waals surface area (Å²) < 4.78 is 5.72. The third kappa shape index (κ3) is 4.05. The first-order chi connectivity index (χ1) is 12.9. The van der Waals surface area contributed by atoms with Crippen LogP contribution in [0.5, 0.6) is 5.75 Å². The first-order valence-electron chi connectivity index (χ1n) is 9.59. The zero-order valence-electron chi connectivity index (χ0n) is 16.5. The topological polar surface area (TPSA) is 46.6 Å². The number of nitrogens with zero attached hydrogens (tertiary/aromatic N) is 1. The highest BCUT2D eigenvalue weighted by molar-refractivity contribution is 6.00. The van der Waals surface area contributed by atoms with E-state index in [2.05, 4.69) is 19.9 Å². The van der Waals surface area contributed by atoms with E-state index >= 15 is 0 Å². The van der Waals surface area contributed by atoms with Gasteiger partial charge in [0.25, 0.3) is 0 Å². The number of carbonyl (C=O) groups excluding carboxylic acids is 2. The first-order valence-corrected chi connectivity index (χ1v) is 9.59. The second-order valence-corrected chi connectivity index (χ2v) is 7.46. The molecule has 1 aliphatic rings. The van der Waals surface area contributed by atoms with E-state index in [9.17, 15) is 9.59 Å². The van der Waals surface area contributed by atoms with Gasteiger partial charge in [0.15, 0.2) is 0 Å². The van der Waals surface area contributed by atoms with Crippen LogP contribution in [0.1, 0.15) is 49.3 Å². The maximum Gasteiger partial charge on any atom is 0.316 e. The van der Waals surface area contributed by atoms with E-state index in [0.717, 1.165) is 28.8 Å². The van der Waals surface area contributed by atoms with Gasteiger partial charge in [0, 0.05) is 18.7 Å². The van der Waals surface area contributed by atoms with E-state index in [4.69, 9.17) is 4.74 Å². The summed E-state index contributed by atoms with van der Waals surface area (Å²) >= 11 is 0. The third-order valence-corrected chi connectivity index (χ3v) is 5.37. The van der Waals surface area contributed by atoms with Crippen molar-refractivity contribution in [3.8, 4) is 5.75 Å². The van der Waals surface area contributed by atoms with Crippen LogP contribution >= 0.6 is 0 Å². The van der Waals surface area contributed by atoms with Crippen molar-refractivity contribution in [2.75, 3.05) is 11.4 Å². The Labute approximate surface area is 161 Å². The molecule has 0 radical (unpaired) electrons. The normalized spacial score (nSPS) is 17.9. The minimum absolute atomic E-state index is 0.0286. The minimum atomic E-state index is -0.441. The Kier molecular flexibility index (Phi) is 5.64. The molecule has 0 aromatic heterocycles. The average molecular weight is 365 g/mol. The van der Waals surface area contributed by atoms with E-state index in [0.29, 0.717) is 18.2 Å². The van der Waals surface area contributed by atoms with Crippen LogP contribution in [0.2, 0.25) is 0 Å². The van der Waals surface area contributed by atoms with Gasteiger partial charge in [-0.15, -0.1) is 0 Å². The summed E-state index contributed by atoms with van der Waals surface area (Å²) in [5, 5.41) is 0. The fourth-order valence-corrected chi connectivity index (χ4v) is 3.60. The predicted octanol–water partition coefficient (Wildman–Crippen LogP) is 4.78. The van der Waals surface area contributed by atoms with E-state index in [-0.39, 0.29) is 18.3 Å². The number of benzene rings is 2. The monoisotopic (exact) mass is 365 g/mol. The Hall–Kier alpha value is -2.62. The zero-order valence-corrected chi connectivity index (χ0v) is 16.5. The molecule has 0 aliphatic carbocycles. The Morgan fingerprint density at radius 2 is 1.96 bits per heavy atom. The van der Waals surface area contributed by atoms with Crippen LogP contribution in [0.15, 0.2) is 42.5 Å². The standard InChI is InChI=1S/C23H27NO3/c1-5-16(3)19-8-6-7-9-21(19)27-23(26)18-13-22(25)24(14-18)20-11-10-15(2)12-17(20)4/h6-12,16,18H,5,13-14H2,1-4H3/t16-,18+/m0/s1. The molecule has 0 bridgehead atoms. The molecule has 1 aliphatic heterocycles. The Balaban J connectivity index is 1.75. The maximum absolute atomic E-state index is 12.7. The number of ether oxygens (including phenoxy) is 1. The summed E-state index contributed by atoms with van der Waals surface area (Å²) in [6.07, 6.45) is 1.16. The number of anilines is 1. The average Bonchev–Trinajstić information content (AvgIpc) is 3.03. The number of amides is 1. The van der Waals surface area contributed by atoms with Crippen LogP contribution in [0.25, 0.3) is 0 Å². The SMILES string of the molecule is CC[C@H](C)c1ccccc1OC(=O)[C@@H]1CC(=O)N(c2ccc(C)cc2C)C1. The molecule has 4 heteroatoms. The molecular weight excluding hydrogens is 338 g/mol. The van der Waals surface area contributed by atoms with E-state index in [1.165, 1.54) is 0 Å². The fraction of sp³-hybridized carbons (Fsp3) is 0.391. The molecule has 3 rings (SSSR count). The lowest BCUT2D eigenvalue weighted by molar-refractivity contribution is -0.139. The summed E-state index contributed by atoms with van der Waals surface area (Å²) in [5.41, 5.74) is 4.10. The van der Waals surface area contributed by atoms with Gasteiger partial charge in [-0.25, -0.2) is 0 Å². The molecule has 1 fully saturated rings. The number of carbonyl (C=O) groups is 2. The van der Waals surface area contributed by atoms with Crippen LogP contribution in [0.3, 0.4) is 0 Å². The highest BCUT2D eigenvalue weighted by Crippen LogP contribution is 2.32. The number of esters is 1. The van der Waals surface area contributed by atoms with Gasteiger partial charge in [-0.1, -0.05) is 49.7 Å². The number of rotatable bonds is 5. The fourth-order valence-electron chi connectivity index (χ4n) is 3.60. The minimum Gasteiger partial charge on any atom is -0.426 e. The molecule has 2 atom stereocenters. The van der Waals surface area contributed by atoms with Gasteiger partial charge in [-0.2, -0.15) is 0 Å². The summed E-state index contributed by atoms with van der Waals surface area (Å²) in [5.74, 6) is 0.119. The summed E-state index contributed by atoms with van der Waals surface area (Å²) in [7, 11) is 0. The number of para-hydroxylation sites is 1. The van der Waals surface area contributed by atoms with Gasteiger partial charge >= 0.3 is 5.97 Å². The highest BCUT2D eigenvalue weighted by Gasteiger charge is 2.37. The molecule has 1 saturated heterocycles. The van der Waals surface area contributed by atoms with Crippen molar-refractivity contribution in [1.82, 2.24) is 0 Å².